The standard InChI is InChI=1S/C16H24ClN/c1-3-14-7-5-9-16(14)18-12(2)10-13-6-4-8-15(17)11-13/h4,6,8,11-12,14,16,18H,3,5,7,9-10H2,1-2H3. The molecular formula is C16H24ClN. The molecule has 0 heterocycles. The first-order valence-corrected chi connectivity index (χ1v) is 7.57. The maximum absolute atomic E-state index is 6.02. The number of hydrogen-bond donors (Lipinski definition) is 1. The summed E-state index contributed by atoms with van der Waals surface area (Å²) in [6.07, 6.45) is 6.51. The van der Waals surface area contributed by atoms with Gasteiger partial charge in [-0.1, -0.05) is 43.5 Å². The Bertz CT molecular complexity index is 377. The molecule has 1 nitrogen and oxygen atoms in total. The van der Waals surface area contributed by atoms with Crippen LogP contribution < -0.4 is 5.32 Å². The topological polar surface area (TPSA) is 12.0 Å². The highest BCUT2D eigenvalue weighted by Crippen LogP contribution is 2.28. The SMILES string of the molecule is CCC1CCCC1NC(C)Cc1cccc(Cl)c1. The lowest BCUT2D eigenvalue weighted by molar-refractivity contribution is 0.355. The van der Waals surface area contributed by atoms with E-state index in [1.807, 2.05) is 12.1 Å². The summed E-state index contributed by atoms with van der Waals surface area (Å²) in [7, 11) is 0. The second kappa shape index (κ2) is 6.58. The molecule has 1 aliphatic carbocycles. The lowest BCUT2D eigenvalue weighted by Gasteiger charge is -2.24. The Morgan fingerprint density at radius 1 is 1.39 bits per heavy atom. The fourth-order valence-corrected chi connectivity index (χ4v) is 3.40. The molecule has 2 rings (SSSR count). The van der Waals surface area contributed by atoms with Crippen LogP contribution in [0, 0.1) is 5.92 Å². The molecule has 1 aromatic carbocycles. The zero-order valence-electron chi connectivity index (χ0n) is 11.5. The van der Waals surface area contributed by atoms with Crippen LogP contribution in [0.4, 0.5) is 0 Å². The molecule has 0 spiro atoms. The second-order valence-electron chi connectivity index (χ2n) is 5.61. The number of rotatable bonds is 5. The molecular weight excluding hydrogens is 242 g/mol. The predicted molar refractivity (Wildman–Crippen MR) is 79.2 cm³/mol. The molecule has 1 aromatic rings. The molecule has 0 radical (unpaired) electrons. The van der Waals surface area contributed by atoms with E-state index in [4.69, 9.17) is 11.6 Å². The van der Waals surface area contributed by atoms with Gasteiger partial charge in [0.15, 0.2) is 0 Å². The number of halogens is 1. The summed E-state index contributed by atoms with van der Waals surface area (Å²) in [4.78, 5) is 0. The Hall–Kier alpha value is -0.530. The quantitative estimate of drug-likeness (QED) is 0.830. The smallest absolute Gasteiger partial charge is 0.0408 e. The molecule has 0 bridgehead atoms. The summed E-state index contributed by atoms with van der Waals surface area (Å²) in [5.74, 6) is 0.881. The van der Waals surface area contributed by atoms with E-state index >= 15 is 0 Å². The van der Waals surface area contributed by atoms with Gasteiger partial charge in [0.05, 0.1) is 0 Å². The highest BCUT2D eigenvalue weighted by atomic mass is 35.5. The van der Waals surface area contributed by atoms with E-state index in [-0.39, 0.29) is 0 Å². The largest absolute Gasteiger partial charge is 0.311 e. The highest BCUT2D eigenvalue weighted by molar-refractivity contribution is 6.30. The molecule has 1 saturated carbocycles. The van der Waals surface area contributed by atoms with E-state index < -0.39 is 0 Å². The first-order chi connectivity index (χ1) is 8.69. The minimum Gasteiger partial charge on any atom is -0.311 e. The third-order valence-corrected chi connectivity index (χ3v) is 4.35. The van der Waals surface area contributed by atoms with Crippen molar-refractivity contribution in [3.05, 3.63) is 34.9 Å². The Morgan fingerprint density at radius 2 is 2.22 bits per heavy atom. The fourth-order valence-electron chi connectivity index (χ4n) is 3.19. The Labute approximate surface area is 116 Å². The van der Waals surface area contributed by atoms with E-state index in [9.17, 15) is 0 Å². The van der Waals surface area contributed by atoms with Crippen molar-refractivity contribution < 1.29 is 0 Å². The molecule has 18 heavy (non-hydrogen) atoms. The fraction of sp³-hybridized carbons (Fsp3) is 0.625. The van der Waals surface area contributed by atoms with E-state index in [1.54, 1.807) is 0 Å². The summed E-state index contributed by atoms with van der Waals surface area (Å²) >= 11 is 6.02. The van der Waals surface area contributed by atoms with Gasteiger partial charge in [-0.2, -0.15) is 0 Å². The van der Waals surface area contributed by atoms with E-state index in [2.05, 4.69) is 31.3 Å². The first kappa shape index (κ1) is 13.9. The summed E-state index contributed by atoms with van der Waals surface area (Å²) < 4.78 is 0. The van der Waals surface area contributed by atoms with Crippen LogP contribution in [0.15, 0.2) is 24.3 Å². The summed E-state index contributed by atoms with van der Waals surface area (Å²) in [6, 6.07) is 9.47. The Kier molecular flexibility index (Phi) is 5.08. The summed E-state index contributed by atoms with van der Waals surface area (Å²) in [5.41, 5.74) is 1.33. The highest BCUT2D eigenvalue weighted by Gasteiger charge is 2.26. The van der Waals surface area contributed by atoms with Gasteiger partial charge in [0, 0.05) is 17.1 Å². The van der Waals surface area contributed by atoms with Crippen LogP contribution in [-0.4, -0.2) is 12.1 Å². The van der Waals surface area contributed by atoms with E-state index in [1.165, 1.54) is 31.2 Å². The zero-order valence-corrected chi connectivity index (χ0v) is 12.2. The molecule has 0 aliphatic heterocycles. The van der Waals surface area contributed by atoms with Crippen molar-refractivity contribution in [1.82, 2.24) is 5.32 Å². The monoisotopic (exact) mass is 265 g/mol. The van der Waals surface area contributed by atoms with Crippen molar-refractivity contribution in [3.63, 3.8) is 0 Å². The molecule has 100 valence electrons. The molecule has 1 fully saturated rings. The van der Waals surface area contributed by atoms with Crippen molar-refractivity contribution in [2.75, 3.05) is 0 Å². The van der Waals surface area contributed by atoms with Gasteiger partial charge < -0.3 is 5.32 Å². The van der Waals surface area contributed by atoms with Gasteiger partial charge in [-0.3, -0.25) is 0 Å². The van der Waals surface area contributed by atoms with Crippen LogP contribution in [0.3, 0.4) is 0 Å². The molecule has 3 atom stereocenters. The van der Waals surface area contributed by atoms with Crippen LogP contribution in [-0.2, 0) is 6.42 Å². The van der Waals surface area contributed by atoms with Crippen LogP contribution in [0.2, 0.25) is 5.02 Å². The van der Waals surface area contributed by atoms with Gasteiger partial charge in [0.1, 0.15) is 0 Å². The van der Waals surface area contributed by atoms with Gasteiger partial charge in [-0.05, 0) is 49.8 Å². The van der Waals surface area contributed by atoms with Crippen LogP contribution >= 0.6 is 11.6 Å². The average molecular weight is 266 g/mol. The average Bonchev–Trinajstić information content (AvgIpc) is 2.76. The van der Waals surface area contributed by atoms with Gasteiger partial charge in [-0.25, -0.2) is 0 Å². The molecule has 0 amide bonds. The maximum atomic E-state index is 6.02. The van der Waals surface area contributed by atoms with Gasteiger partial charge in [0.2, 0.25) is 0 Å². The molecule has 2 heteroatoms. The predicted octanol–water partition coefficient (Wildman–Crippen LogP) is 4.44. The molecule has 0 aromatic heterocycles. The van der Waals surface area contributed by atoms with Crippen LogP contribution in [0.5, 0.6) is 0 Å². The van der Waals surface area contributed by atoms with Gasteiger partial charge in [-0.15, -0.1) is 0 Å². The van der Waals surface area contributed by atoms with Crippen molar-refractivity contribution in [2.24, 2.45) is 5.92 Å². The molecule has 1 N–H and O–H groups in total. The minimum atomic E-state index is 0.528. The lowest BCUT2D eigenvalue weighted by atomic mass is 9.99. The third kappa shape index (κ3) is 3.73. The van der Waals surface area contributed by atoms with Crippen molar-refractivity contribution >= 4 is 11.6 Å². The minimum absolute atomic E-state index is 0.528. The molecule has 0 saturated heterocycles. The Balaban J connectivity index is 1.86. The van der Waals surface area contributed by atoms with E-state index in [0.717, 1.165) is 23.4 Å². The van der Waals surface area contributed by atoms with Gasteiger partial charge >= 0.3 is 0 Å². The molecule has 1 aliphatic rings. The number of benzene rings is 1. The number of nitrogens with one attached hydrogen (secondary N) is 1. The number of hydrogen-bond acceptors (Lipinski definition) is 1. The van der Waals surface area contributed by atoms with E-state index in [0.29, 0.717) is 6.04 Å². The van der Waals surface area contributed by atoms with Gasteiger partial charge in [0.25, 0.3) is 0 Å². The Morgan fingerprint density at radius 3 is 2.94 bits per heavy atom. The third-order valence-electron chi connectivity index (χ3n) is 4.11. The molecule has 3 unspecified atom stereocenters. The second-order valence-corrected chi connectivity index (χ2v) is 6.04. The summed E-state index contributed by atoms with van der Waals surface area (Å²) in [6.45, 7) is 4.60. The van der Waals surface area contributed by atoms with Crippen molar-refractivity contribution in [3.8, 4) is 0 Å². The summed E-state index contributed by atoms with van der Waals surface area (Å²) in [5, 5.41) is 4.64. The lowest BCUT2D eigenvalue weighted by Crippen LogP contribution is -2.39. The van der Waals surface area contributed by atoms with Crippen molar-refractivity contribution in [2.45, 2.75) is 58.0 Å². The van der Waals surface area contributed by atoms with Crippen LogP contribution in [0.25, 0.3) is 0 Å². The maximum Gasteiger partial charge on any atom is 0.0408 e. The normalized spacial score (nSPS) is 25.3. The first-order valence-electron chi connectivity index (χ1n) is 7.19. The van der Waals surface area contributed by atoms with Crippen LogP contribution in [0.1, 0.15) is 45.1 Å². The van der Waals surface area contributed by atoms with Crippen molar-refractivity contribution in [1.29, 1.82) is 0 Å². The zero-order chi connectivity index (χ0) is 13.0.